The molecule has 0 aliphatic heterocycles. The third-order valence-electron chi connectivity index (χ3n) is 1.72. The van der Waals surface area contributed by atoms with E-state index in [1.807, 2.05) is 31.2 Å². The highest BCUT2D eigenvalue weighted by molar-refractivity contribution is 5.26. The Morgan fingerprint density at radius 1 is 0.947 bits per heavy atom. The molecule has 0 saturated carbocycles. The monoisotopic (exact) mass is 268 g/mol. The van der Waals surface area contributed by atoms with E-state index in [0.29, 0.717) is 0 Å². The molecule has 2 nitrogen and oxygen atoms in total. The van der Waals surface area contributed by atoms with E-state index in [-0.39, 0.29) is 0 Å². The summed E-state index contributed by atoms with van der Waals surface area (Å²) in [5.74, 6) is 0. The predicted octanol–water partition coefficient (Wildman–Crippen LogP) is 4.42. The Balaban J connectivity index is 0. The van der Waals surface area contributed by atoms with Gasteiger partial charge in [0.25, 0.3) is 0 Å². The van der Waals surface area contributed by atoms with Crippen LogP contribution in [0.4, 0.5) is 0 Å². The maximum Gasteiger partial charge on any atom is 0.0840 e. The Bertz CT molecular complexity index is 324. The van der Waals surface area contributed by atoms with Crippen LogP contribution in [0.25, 0.3) is 0 Å². The lowest BCUT2D eigenvalue weighted by Gasteiger charge is -2.17. The van der Waals surface area contributed by atoms with Crippen molar-refractivity contribution in [2.75, 3.05) is 0 Å². The van der Waals surface area contributed by atoms with Gasteiger partial charge in [0, 0.05) is 0 Å². The van der Waals surface area contributed by atoms with Crippen molar-refractivity contribution in [1.29, 1.82) is 0 Å². The minimum absolute atomic E-state index is 0.500. The molecular weight excluding hydrogens is 236 g/mol. The van der Waals surface area contributed by atoms with Crippen LogP contribution in [0.15, 0.2) is 24.3 Å². The third-order valence-corrected chi connectivity index (χ3v) is 1.72. The van der Waals surface area contributed by atoms with Gasteiger partial charge in [-0.05, 0) is 47.1 Å². The molecule has 0 heterocycles. The molecule has 1 aromatic carbocycles. The summed E-state index contributed by atoms with van der Waals surface area (Å²) >= 11 is 0. The summed E-state index contributed by atoms with van der Waals surface area (Å²) in [7, 11) is 0. The van der Waals surface area contributed by atoms with Crippen LogP contribution in [0.5, 0.6) is 0 Å². The van der Waals surface area contributed by atoms with Crippen LogP contribution >= 0.6 is 0 Å². The van der Waals surface area contributed by atoms with Crippen LogP contribution in [0.3, 0.4) is 0 Å². The second-order valence-corrected chi connectivity index (χ2v) is 6.31. The van der Waals surface area contributed by atoms with Gasteiger partial charge in [-0.25, -0.2) is 0 Å². The molecule has 19 heavy (non-hydrogen) atoms. The van der Waals surface area contributed by atoms with Gasteiger partial charge in [-0.15, -0.1) is 0 Å². The zero-order valence-electron chi connectivity index (χ0n) is 13.9. The van der Waals surface area contributed by atoms with E-state index in [9.17, 15) is 5.11 Å². The van der Waals surface area contributed by atoms with Gasteiger partial charge in [-0.2, -0.15) is 0 Å². The number of hydrogen-bond donors (Lipinski definition) is 2. The van der Waals surface area contributed by atoms with Crippen LogP contribution in [0.1, 0.15) is 66.0 Å². The van der Waals surface area contributed by atoms with E-state index in [1.165, 1.54) is 12.0 Å². The van der Waals surface area contributed by atoms with Crippen LogP contribution < -0.4 is 0 Å². The second-order valence-electron chi connectivity index (χ2n) is 6.31. The molecule has 2 N–H and O–H groups in total. The number of aliphatic hydroxyl groups is 2. The SMILES string of the molecule is CC(C)(C)O.CCC.Cc1cccc(C(C)(C)O)c1. The Kier molecular flexibility index (Phi) is 9.81. The molecule has 0 spiro atoms. The van der Waals surface area contributed by atoms with Crippen molar-refractivity contribution in [2.24, 2.45) is 0 Å². The molecule has 0 bridgehead atoms. The molecule has 0 fully saturated rings. The molecule has 0 atom stereocenters. The van der Waals surface area contributed by atoms with E-state index < -0.39 is 11.2 Å². The van der Waals surface area contributed by atoms with Gasteiger partial charge < -0.3 is 10.2 Å². The van der Waals surface area contributed by atoms with Crippen molar-refractivity contribution in [3.8, 4) is 0 Å². The topological polar surface area (TPSA) is 40.5 Å². The second kappa shape index (κ2) is 9.11. The van der Waals surface area contributed by atoms with Gasteiger partial charge in [0.1, 0.15) is 0 Å². The van der Waals surface area contributed by atoms with Crippen LogP contribution in [0.2, 0.25) is 0 Å². The van der Waals surface area contributed by atoms with Gasteiger partial charge in [-0.3, -0.25) is 0 Å². The Hall–Kier alpha value is -0.860. The molecule has 1 rings (SSSR count). The van der Waals surface area contributed by atoms with E-state index in [2.05, 4.69) is 13.8 Å². The maximum absolute atomic E-state index is 9.61. The third kappa shape index (κ3) is 17.1. The average molecular weight is 268 g/mol. The molecule has 0 aromatic heterocycles. The molecule has 0 radical (unpaired) electrons. The van der Waals surface area contributed by atoms with Crippen LogP contribution in [0, 0.1) is 6.92 Å². The Morgan fingerprint density at radius 2 is 1.32 bits per heavy atom. The van der Waals surface area contributed by atoms with Crippen LogP contribution in [-0.2, 0) is 5.60 Å². The molecule has 0 unspecified atom stereocenters. The van der Waals surface area contributed by atoms with E-state index >= 15 is 0 Å². The largest absolute Gasteiger partial charge is 0.391 e. The Morgan fingerprint density at radius 3 is 1.53 bits per heavy atom. The van der Waals surface area contributed by atoms with Crippen molar-refractivity contribution in [3.63, 3.8) is 0 Å². The normalized spacial score (nSPS) is 10.8. The van der Waals surface area contributed by atoms with Gasteiger partial charge >= 0.3 is 0 Å². The Labute approximate surface area is 119 Å². The predicted molar refractivity (Wildman–Crippen MR) is 84.4 cm³/mol. The smallest absolute Gasteiger partial charge is 0.0840 e. The van der Waals surface area contributed by atoms with Gasteiger partial charge in [0.05, 0.1) is 11.2 Å². The number of hydrogen-bond acceptors (Lipinski definition) is 2. The fraction of sp³-hybridized carbons (Fsp3) is 0.647. The number of aryl methyl sites for hydroxylation is 1. The molecule has 0 aliphatic carbocycles. The number of rotatable bonds is 1. The van der Waals surface area contributed by atoms with Gasteiger partial charge in [-0.1, -0.05) is 50.1 Å². The maximum atomic E-state index is 9.61. The zero-order chi connectivity index (χ0) is 15.7. The highest BCUT2D eigenvalue weighted by atomic mass is 16.3. The lowest BCUT2D eigenvalue weighted by atomic mass is 9.97. The van der Waals surface area contributed by atoms with Crippen molar-refractivity contribution < 1.29 is 10.2 Å². The highest BCUT2D eigenvalue weighted by Gasteiger charge is 2.14. The fourth-order valence-electron chi connectivity index (χ4n) is 1.03. The fourth-order valence-corrected chi connectivity index (χ4v) is 1.03. The minimum atomic E-state index is -0.716. The summed E-state index contributed by atoms with van der Waals surface area (Å²) in [6.45, 7) is 15.1. The summed E-state index contributed by atoms with van der Waals surface area (Å²) < 4.78 is 0. The van der Waals surface area contributed by atoms with E-state index in [1.54, 1.807) is 34.6 Å². The molecule has 0 saturated heterocycles. The quantitative estimate of drug-likeness (QED) is 0.791. The highest BCUT2D eigenvalue weighted by Crippen LogP contribution is 2.19. The lowest BCUT2D eigenvalue weighted by molar-refractivity contribution is 0.0785. The van der Waals surface area contributed by atoms with Gasteiger partial charge in [0.15, 0.2) is 0 Å². The molecule has 0 amide bonds. The summed E-state index contributed by atoms with van der Waals surface area (Å²) in [5.41, 5.74) is 0.938. The molecule has 2 heteroatoms. The van der Waals surface area contributed by atoms with E-state index in [0.717, 1.165) is 5.56 Å². The first-order chi connectivity index (χ1) is 8.41. The number of benzene rings is 1. The summed E-state index contributed by atoms with van der Waals surface area (Å²) in [6.07, 6.45) is 1.25. The molecule has 0 aliphatic rings. The zero-order valence-corrected chi connectivity index (χ0v) is 13.9. The standard InChI is InChI=1S/C10H14O.C4H10O.C3H8/c1-8-5-4-6-9(7-8)10(2,3)11;1-4(2,3)5;1-3-2/h4-7,11H,1-3H3;5H,1-3H3;3H2,1-2H3. The summed E-state index contributed by atoms with van der Waals surface area (Å²) in [6, 6.07) is 7.92. The molecule has 1 aromatic rings. The van der Waals surface area contributed by atoms with E-state index in [4.69, 9.17) is 5.11 Å². The molecular formula is C17H32O2. The van der Waals surface area contributed by atoms with Gasteiger partial charge in [0.2, 0.25) is 0 Å². The minimum Gasteiger partial charge on any atom is -0.391 e. The molecule has 112 valence electrons. The van der Waals surface area contributed by atoms with Crippen molar-refractivity contribution in [3.05, 3.63) is 35.4 Å². The first kappa shape index (κ1) is 20.5. The van der Waals surface area contributed by atoms with Crippen molar-refractivity contribution >= 4 is 0 Å². The van der Waals surface area contributed by atoms with Crippen LogP contribution in [-0.4, -0.2) is 15.8 Å². The lowest BCUT2D eigenvalue weighted by Crippen LogP contribution is -2.15. The van der Waals surface area contributed by atoms with Crippen molar-refractivity contribution in [2.45, 2.75) is 73.0 Å². The average Bonchev–Trinajstić information content (AvgIpc) is 2.14. The first-order valence-electron chi connectivity index (χ1n) is 6.93. The van der Waals surface area contributed by atoms with Crippen molar-refractivity contribution in [1.82, 2.24) is 0 Å². The summed E-state index contributed by atoms with van der Waals surface area (Å²) in [5, 5.41) is 18.1. The first-order valence-corrected chi connectivity index (χ1v) is 6.93. The summed E-state index contributed by atoms with van der Waals surface area (Å²) in [4.78, 5) is 0.